The molecule has 0 amide bonds. The molecule has 1 atom stereocenters. The third-order valence-electron chi connectivity index (χ3n) is 4.40. The molecule has 1 aromatic heterocycles. The van der Waals surface area contributed by atoms with E-state index in [0.717, 1.165) is 30.5 Å². The third-order valence-corrected chi connectivity index (χ3v) is 6.46. The van der Waals surface area contributed by atoms with E-state index in [-0.39, 0.29) is 10.9 Å². The first-order valence-electron chi connectivity index (χ1n) is 8.07. The first-order chi connectivity index (χ1) is 11.4. The minimum absolute atomic E-state index is 0.00468. The van der Waals surface area contributed by atoms with Gasteiger partial charge in [-0.15, -0.1) is 0 Å². The zero-order valence-corrected chi connectivity index (χ0v) is 15.0. The zero-order valence-electron chi connectivity index (χ0n) is 14.2. The number of aromatic nitrogens is 1. The van der Waals surface area contributed by atoms with E-state index in [4.69, 9.17) is 9.26 Å². The molecule has 2 aromatic rings. The van der Waals surface area contributed by atoms with Gasteiger partial charge in [-0.3, -0.25) is 0 Å². The van der Waals surface area contributed by atoms with E-state index in [2.05, 4.69) is 5.16 Å². The second kappa shape index (κ2) is 6.57. The Hall–Kier alpha value is -1.86. The average molecular weight is 350 g/mol. The van der Waals surface area contributed by atoms with Gasteiger partial charge in [-0.25, -0.2) is 8.42 Å². The summed E-state index contributed by atoms with van der Waals surface area (Å²) in [5, 5.41) is 3.86. The Labute approximate surface area is 142 Å². The summed E-state index contributed by atoms with van der Waals surface area (Å²) in [6, 6.07) is 6.80. The number of piperidine rings is 1. The molecule has 1 fully saturated rings. The van der Waals surface area contributed by atoms with Crippen molar-refractivity contribution in [3.8, 4) is 17.1 Å². The molecule has 130 valence electrons. The normalized spacial score (nSPS) is 19.4. The lowest BCUT2D eigenvalue weighted by Gasteiger charge is -2.32. The van der Waals surface area contributed by atoms with Crippen LogP contribution in [0.3, 0.4) is 0 Å². The molecule has 0 spiro atoms. The highest BCUT2D eigenvalue weighted by atomic mass is 32.2. The minimum Gasteiger partial charge on any atom is -0.495 e. The Bertz CT molecular complexity index is 829. The number of benzene rings is 1. The van der Waals surface area contributed by atoms with E-state index >= 15 is 0 Å². The fourth-order valence-corrected chi connectivity index (χ4v) is 4.93. The van der Waals surface area contributed by atoms with Crippen LogP contribution in [-0.2, 0) is 10.0 Å². The first kappa shape index (κ1) is 17.0. The fourth-order valence-electron chi connectivity index (χ4n) is 3.09. The SMILES string of the molecule is COc1cc(-c2cc(C)no2)ccc1S(=O)(=O)N1CCCCC1C. The number of hydrogen-bond donors (Lipinski definition) is 0. The van der Waals surface area contributed by atoms with E-state index in [0.29, 0.717) is 18.1 Å². The molecule has 0 saturated carbocycles. The summed E-state index contributed by atoms with van der Waals surface area (Å²) in [7, 11) is -2.11. The molecule has 0 aliphatic carbocycles. The van der Waals surface area contributed by atoms with Crippen molar-refractivity contribution >= 4 is 10.0 Å². The van der Waals surface area contributed by atoms with Crippen LogP contribution < -0.4 is 4.74 Å². The molecule has 0 bridgehead atoms. The van der Waals surface area contributed by atoms with Crippen LogP contribution in [0.1, 0.15) is 31.9 Å². The smallest absolute Gasteiger partial charge is 0.246 e. The maximum atomic E-state index is 13.0. The topological polar surface area (TPSA) is 72.6 Å². The van der Waals surface area contributed by atoms with Crippen LogP contribution in [0.25, 0.3) is 11.3 Å². The van der Waals surface area contributed by atoms with Crippen LogP contribution in [0.5, 0.6) is 5.75 Å². The van der Waals surface area contributed by atoms with Crippen molar-refractivity contribution in [3.05, 3.63) is 30.0 Å². The lowest BCUT2D eigenvalue weighted by Crippen LogP contribution is -2.42. The van der Waals surface area contributed by atoms with Gasteiger partial charge in [0.15, 0.2) is 5.76 Å². The van der Waals surface area contributed by atoms with Crippen LogP contribution in [0.2, 0.25) is 0 Å². The Morgan fingerprint density at radius 2 is 2.08 bits per heavy atom. The van der Waals surface area contributed by atoms with E-state index in [1.165, 1.54) is 7.11 Å². The van der Waals surface area contributed by atoms with Crippen LogP contribution >= 0.6 is 0 Å². The van der Waals surface area contributed by atoms with Crippen molar-refractivity contribution in [2.75, 3.05) is 13.7 Å². The average Bonchev–Trinajstić information content (AvgIpc) is 3.01. The molecular weight excluding hydrogens is 328 g/mol. The van der Waals surface area contributed by atoms with Crippen molar-refractivity contribution in [1.82, 2.24) is 9.46 Å². The number of aryl methyl sites for hydroxylation is 1. The fraction of sp³-hybridized carbons (Fsp3) is 0.471. The Morgan fingerprint density at radius 3 is 2.71 bits per heavy atom. The number of rotatable bonds is 4. The summed E-state index contributed by atoms with van der Waals surface area (Å²) < 4.78 is 38.3. The van der Waals surface area contributed by atoms with Crippen molar-refractivity contribution in [1.29, 1.82) is 0 Å². The zero-order chi connectivity index (χ0) is 17.3. The molecule has 0 radical (unpaired) electrons. The summed E-state index contributed by atoms with van der Waals surface area (Å²) in [6.07, 6.45) is 2.84. The summed E-state index contributed by atoms with van der Waals surface area (Å²) in [6.45, 7) is 4.34. The standard InChI is InChI=1S/C17H22N2O4S/c1-12-10-15(23-18-12)14-7-8-17(16(11-14)22-3)24(20,21)19-9-5-4-6-13(19)2/h7-8,10-11,13H,4-6,9H2,1-3H3. The Kier molecular flexibility index (Phi) is 4.64. The molecule has 3 rings (SSSR count). The van der Waals surface area contributed by atoms with Crippen LogP contribution in [0, 0.1) is 6.92 Å². The maximum absolute atomic E-state index is 13.0. The van der Waals surface area contributed by atoms with Gasteiger partial charge in [0.25, 0.3) is 0 Å². The van der Waals surface area contributed by atoms with Crippen molar-refractivity contribution in [2.24, 2.45) is 0 Å². The molecule has 1 aliphatic rings. The quantitative estimate of drug-likeness (QED) is 0.846. The van der Waals surface area contributed by atoms with Crippen molar-refractivity contribution in [2.45, 2.75) is 44.0 Å². The first-order valence-corrected chi connectivity index (χ1v) is 9.51. The summed E-state index contributed by atoms with van der Waals surface area (Å²) in [5.74, 6) is 0.903. The van der Waals surface area contributed by atoms with E-state index in [1.807, 2.05) is 13.8 Å². The number of methoxy groups -OCH3 is 1. The highest BCUT2D eigenvalue weighted by molar-refractivity contribution is 7.89. The molecule has 7 heteroatoms. The summed E-state index contributed by atoms with van der Waals surface area (Å²) in [5.41, 5.74) is 1.50. The van der Waals surface area contributed by atoms with Crippen LogP contribution in [-0.4, -0.2) is 37.6 Å². The van der Waals surface area contributed by atoms with Gasteiger partial charge in [-0.1, -0.05) is 11.6 Å². The monoisotopic (exact) mass is 350 g/mol. The highest BCUT2D eigenvalue weighted by Crippen LogP contribution is 2.34. The number of hydrogen-bond acceptors (Lipinski definition) is 5. The number of ether oxygens (including phenoxy) is 1. The molecule has 1 unspecified atom stereocenters. The van der Waals surface area contributed by atoms with Gasteiger partial charge in [0, 0.05) is 24.2 Å². The van der Waals surface area contributed by atoms with E-state index in [9.17, 15) is 8.42 Å². The Morgan fingerprint density at radius 1 is 1.29 bits per heavy atom. The highest BCUT2D eigenvalue weighted by Gasteiger charge is 2.33. The second-order valence-corrected chi connectivity index (χ2v) is 8.02. The molecule has 1 aliphatic heterocycles. The molecule has 1 aromatic carbocycles. The van der Waals surface area contributed by atoms with Gasteiger partial charge in [0.2, 0.25) is 10.0 Å². The molecule has 1 saturated heterocycles. The third kappa shape index (κ3) is 3.06. The van der Waals surface area contributed by atoms with Gasteiger partial charge < -0.3 is 9.26 Å². The summed E-state index contributed by atoms with van der Waals surface area (Å²) in [4.78, 5) is 0.193. The van der Waals surface area contributed by atoms with Gasteiger partial charge in [0.1, 0.15) is 10.6 Å². The molecule has 2 heterocycles. The maximum Gasteiger partial charge on any atom is 0.246 e. The predicted molar refractivity (Wildman–Crippen MR) is 90.4 cm³/mol. The van der Waals surface area contributed by atoms with Crippen molar-refractivity contribution in [3.63, 3.8) is 0 Å². The lowest BCUT2D eigenvalue weighted by atomic mass is 10.1. The largest absolute Gasteiger partial charge is 0.495 e. The van der Waals surface area contributed by atoms with Gasteiger partial charge in [-0.05, 0) is 44.9 Å². The second-order valence-electron chi connectivity index (χ2n) is 6.16. The van der Waals surface area contributed by atoms with Gasteiger partial charge >= 0.3 is 0 Å². The van der Waals surface area contributed by atoms with Crippen LogP contribution in [0.4, 0.5) is 0 Å². The predicted octanol–water partition coefficient (Wildman–Crippen LogP) is 3.22. The molecule has 0 N–H and O–H groups in total. The van der Waals surface area contributed by atoms with E-state index in [1.54, 1.807) is 28.6 Å². The number of sulfonamides is 1. The number of nitrogens with zero attached hydrogens (tertiary/aromatic N) is 2. The van der Waals surface area contributed by atoms with E-state index < -0.39 is 10.0 Å². The summed E-state index contributed by atoms with van der Waals surface area (Å²) >= 11 is 0. The molecular formula is C17H22N2O4S. The Balaban J connectivity index is 2.01. The van der Waals surface area contributed by atoms with Gasteiger partial charge in [-0.2, -0.15) is 4.31 Å². The minimum atomic E-state index is -3.59. The molecule has 24 heavy (non-hydrogen) atoms. The molecule has 6 nitrogen and oxygen atoms in total. The van der Waals surface area contributed by atoms with Crippen molar-refractivity contribution < 1.29 is 17.7 Å². The van der Waals surface area contributed by atoms with Crippen LogP contribution in [0.15, 0.2) is 33.7 Å². The lowest BCUT2D eigenvalue weighted by molar-refractivity contribution is 0.267. The van der Waals surface area contributed by atoms with Gasteiger partial charge in [0.05, 0.1) is 12.8 Å².